The summed E-state index contributed by atoms with van der Waals surface area (Å²) in [7, 11) is 3.48. The van der Waals surface area contributed by atoms with E-state index in [0.717, 1.165) is 0 Å². The van der Waals surface area contributed by atoms with Gasteiger partial charge < -0.3 is 15.5 Å². The lowest BCUT2D eigenvalue weighted by atomic mass is 10.1. The highest BCUT2D eigenvalue weighted by atomic mass is 35.5. The number of aromatic nitrogens is 2. The molecule has 0 bridgehead atoms. The second kappa shape index (κ2) is 10.4. The van der Waals surface area contributed by atoms with Gasteiger partial charge >= 0.3 is 6.18 Å². The third-order valence-corrected chi connectivity index (χ3v) is 5.89. The second-order valence-corrected chi connectivity index (χ2v) is 9.15. The summed E-state index contributed by atoms with van der Waals surface area (Å²) >= 11 is 12.2. The minimum Gasteiger partial charge on any atom is -0.325 e. The summed E-state index contributed by atoms with van der Waals surface area (Å²) in [6.07, 6.45) is -3.37. The van der Waals surface area contributed by atoms with Crippen molar-refractivity contribution in [2.24, 2.45) is 0 Å². The fraction of sp³-hybridized carbons (Fsp3) is 0.160. The molecule has 0 spiro atoms. The summed E-state index contributed by atoms with van der Waals surface area (Å²) in [5.74, 6) is -0.956. The van der Waals surface area contributed by atoms with Gasteiger partial charge in [0.25, 0.3) is 5.91 Å². The molecule has 12 heteroatoms. The summed E-state index contributed by atoms with van der Waals surface area (Å²) in [4.78, 5) is 30.4. The molecule has 7 nitrogen and oxygen atoms in total. The highest BCUT2D eigenvalue weighted by Gasteiger charge is 2.38. The number of pyridine rings is 1. The number of fused-ring (bicyclic) bond motifs is 1. The Balaban J connectivity index is 1.75. The standard InChI is InChI=1S/C25H20Cl2F3N5O2/c1-34(2)13-19(36)31-15-10-8-14(9-11-15)21-22(25(28,29)30)33-23-18(7-4-12-35(21)23)32-24(37)20-16(26)5-3-6-17(20)27/h3-12H,13H2,1-2H3,(H,31,36)(H,32,37). The average molecular weight is 550 g/mol. The molecule has 2 N–H and O–H groups in total. The normalized spacial score (nSPS) is 11.7. The van der Waals surface area contributed by atoms with Gasteiger partial charge in [-0.2, -0.15) is 13.2 Å². The molecule has 2 aromatic heterocycles. The van der Waals surface area contributed by atoms with Gasteiger partial charge in [0.1, 0.15) is 0 Å². The van der Waals surface area contributed by atoms with Gasteiger partial charge in [-0.3, -0.25) is 14.0 Å². The smallest absolute Gasteiger partial charge is 0.325 e. The van der Waals surface area contributed by atoms with Crippen LogP contribution in [-0.2, 0) is 11.0 Å². The number of imidazole rings is 1. The zero-order valence-electron chi connectivity index (χ0n) is 19.5. The van der Waals surface area contributed by atoms with Gasteiger partial charge in [0.15, 0.2) is 11.3 Å². The third-order valence-electron chi connectivity index (χ3n) is 5.26. The summed E-state index contributed by atoms with van der Waals surface area (Å²) in [5, 5.41) is 5.44. The van der Waals surface area contributed by atoms with Crippen LogP contribution in [0.2, 0.25) is 10.0 Å². The zero-order chi connectivity index (χ0) is 26.9. The van der Waals surface area contributed by atoms with Gasteiger partial charge in [-0.05, 0) is 50.5 Å². The number of amides is 2. The molecule has 0 aliphatic carbocycles. The lowest BCUT2D eigenvalue weighted by Gasteiger charge is -2.12. The van der Waals surface area contributed by atoms with Crippen LogP contribution in [0, 0.1) is 0 Å². The van der Waals surface area contributed by atoms with Crippen LogP contribution in [0.25, 0.3) is 16.9 Å². The van der Waals surface area contributed by atoms with Crippen LogP contribution in [-0.4, -0.2) is 46.7 Å². The van der Waals surface area contributed by atoms with Crippen molar-refractivity contribution < 1.29 is 22.8 Å². The maximum Gasteiger partial charge on any atom is 0.435 e. The number of hydrogen-bond acceptors (Lipinski definition) is 4. The fourth-order valence-corrected chi connectivity index (χ4v) is 4.31. The van der Waals surface area contributed by atoms with Crippen molar-refractivity contribution >= 4 is 52.0 Å². The van der Waals surface area contributed by atoms with E-state index in [0.29, 0.717) is 5.69 Å². The molecule has 0 radical (unpaired) electrons. The Morgan fingerprint density at radius 2 is 1.62 bits per heavy atom. The van der Waals surface area contributed by atoms with Crippen LogP contribution in [0.1, 0.15) is 16.1 Å². The average Bonchev–Trinajstić information content (AvgIpc) is 3.20. The number of carbonyl (C=O) groups excluding carboxylic acids is 2. The van der Waals surface area contributed by atoms with Gasteiger partial charge in [0.2, 0.25) is 5.91 Å². The third kappa shape index (κ3) is 5.71. The molecule has 0 saturated carbocycles. The lowest BCUT2D eigenvalue weighted by molar-refractivity contribution is -0.140. The number of likely N-dealkylation sites (N-methyl/N-ethyl adjacent to an activating group) is 1. The number of carbonyl (C=O) groups is 2. The number of rotatable bonds is 6. The molecule has 37 heavy (non-hydrogen) atoms. The molecule has 0 fully saturated rings. The Hall–Kier alpha value is -3.60. The second-order valence-electron chi connectivity index (χ2n) is 8.34. The molecule has 192 valence electrons. The number of anilines is 2. The predicted octanol–water partition coefficient (Wildman–Crippen LogP) is 6.08. The van der Waals surface area contributed by atoms with Crippen molar-refractivity contribution in [1.29, 1.82) is 0 Å². The van der Waals surface area contributed by atoms with Crippen LogP contribution in [0.4, 0.5) is 24.5 Å². The lowest BCUT2D eigenvalue weighted by Crippen LogP contribution is -2.27. The first kappa shape index (κ1) is 26.5. The molecule has 0 saturated heterocycles. The monoisotopic (exact) mass is 549 g/mol. The van der Waals surface area contributed by atoms with Gasteiger partial charge in [-0.25, -0.2) is 4.98 Å². The Labute approximate surface area is 219 Å². The predicted molar refractivity (Wildman–Crippen MR) is 137 cm³/mol. The molecule has 2 aromatic carbocycles. The Kier molecular flexibility index (Phi) is 7.44. The molecule has 0 aliphatic heterocycles. The van der Waals surface area contributed by atoms with Crippen LogP contribution in [0.15, 0.2) is 60.8 Å². The van der Waals surface area contributed by atoms with Gasteiger partial charge in [0, 0.05) is 17.4 Å². The molecule has 0 unspecified atom stereocenters. The van der Waals surface area contributed by atoms with E-state index in [2.05, 4.69) is 15.6 Å². The van der Waals surface area contributed by atoms with E-state index in [9.17, 15) is 22.8 Å². The van der Waals surface area contributed by atoms with E-state index in [1.165, 1.54) is 59.1 Å². The fourth-order valence-electron chi connectivity index (χ4n) is 3.74. The highest BCUT2D eigenvalue weighted by molar-refractivity contribution is 6.40. The Morgan fingerprint density at radius 3 is 2.22 bits per heavy atom. The van der Waals surface area contributed by atoms with Crippen molar-refractivity contribution in [3.63, 3.8) is 0 Å². The molecule has 2 amide bonds. The molecular formula is C25H20Cl2F3N5O2. The zero-order valence-corrected chi connectivity index (χ0v) is 21.0. The van der Waals surface area contributed by atoms with Crippen LogP contribution in [0.5, 0.6) is 0 Å². The Morgan fingerprint density at radius 1 is 0.973 bits per heavy atom. The summed E-state index contributed by atoms with van der Waals surface area (Å²) in [6, 6.07) is 13.4. The van der Waals surface area contributed by atoms with Crippen molar-refractivity contribution in [3.8, 4) is 11.3 Å². The summed E-state index contributed by atoms with van der Waals surface area (Å²) in [5.41, 5.74) is -0.805. The number of halogens is 5. The number of hydrogen-bond donors (Lipinski definition) is 2. The van der Waals surface area contributed by atoms with E-state index in [1.54, 1.807) is 25.1 Å². The van der Waals surface area contributed by atoms with Crippen LogP contribution in [0.3, 0.4) is 0 Å². The minimum absolute atomic E-state index is 0.0115. The number of benzene rings is 2. The molecule has 0 aliphatic rings. The van der Waals surface area contributed by atoms with E-state index >= 15 is 0 Å². The van der Waals surface area contributed by atoms with Gasteiger partial charge in [-0.1, -0.05) is 41.4 Å². The molecule has 2 heterocycles. The maximum absolute atomic E-state index is 14.1. The van der Waals surface area contributed by atoms with Gasteiger partial charge in [0.05, 0.1) is 33.5 Å². The topological polar surface area (TPSA) is 78.7 Å². The Bertz CT molecular complexity index is 1460. The maximum atomic E-state index is 14.1. The van der Waals surface area contributed by atoms with E-state index < -0.39 is 17.8 Å². The van der Waals surface area contributed by atoms with Gasteiger partial charge in [-0.15, -0.1) is 0 Å². The van der Waals surface area contributed by atoms with Crippen LogP contribution < -0.4 is 10.6 Å². The number of alkyl halides is 3. The molecule has 4 aromatic rings. The molecule has 4 rings (SSSR count). The quantitative estimate of drug-likeness (QED) is 0.305. The summed E-state index contributed by atoms with van der Waals surface area (Å²) < 4.78 is 43.4. The largest absolute Gasteiger partial charge is 0.435 e. The SMILES string of the molecule is CN(C)CC(=O)Nc1ccc(-c2c(C(F)(F)F)nc3c(NC(=O)c4c(Cl)cccc4Cl)cccn23)cc1. The first-order valence-corrected chi connectivity index (χ1v) is 11.6. The van der Waals surface area contributed by atoms with Crippen molar-refractivity contribution in [1.82, 2.24) is 14.3 Å². The number of nitrogens with zero attached hydrogens (tertiary/aromatic N) is 3. The van der Waals surface area contributed by atoms with E-state index in [4.69, 9.17) is 23.2 Å². The van der Waals surface area contributed by atoms with Crippen molar-refractivity contribution in [2.45, 2.75) is 6.18 Å². The van der Waals surface area contributed by atoms with Crippen molar-refractivity contribution in [3.05, 3.63) is 82.1 Å². The van der Waals surface area contributed by atoms with Crippen molar-refractivity contribution in [2.75, 3.05) is 31.3 Å². The molecule has 0 atom stereocenters. The van der Waals surface area contributed by atoms with Crippen LogP contribution >= 0.6 is 23.2 Å². The van der Waals surface area contributed by atoms with E-state index in [1.807, 2.05) is 0 Å². The minimum atomic E-state index is -4.78. The first-order valence-electron chi connectivity index (χ1n) is 10.8. The highest BCUT2D eigenvalue weighted by Crippen LogP contribution is 2.39. The summed E-state index contributed by atoms with van der Waals surface area (Å²) in [6.45, 7) is 0.154. The molecular weight excluding hydrogens is 530 g/mol. The first-order chi connectivity index (χ1) is 17.5. The van der Waals surface area contributed by atoms with E-state index in [-0.39, 0.29) is 50.7 Å². The number of nitrogens with one attached hydrogen (secondary N) is 2.